The van der Waals surface area contributed by atoms with Gasteiger partial charge in [0.15, 0.2) is 0 Å². The fourth-order valence-corrected chi connectivity index (χ4v) is 1.47. The van der Waals surface area contributed by atoms with Gasteiger partial charge in [0.2, 0.25) is 0 Å². The summed E-state index contributed by atoms with van der Waals surface area (Å²) in [4.78, 5) is 4.21. The van der Waals surface area contributed by atoms with Gasteiger partial charge in [-0.2, -0.15) is 5.10 Å². The molecule has 3 nitrogen and oxygen atoms in total. The Hall–Kier alpha value is -1.61. The zero-order valence-corrected chi connectivity index (χ0v) is 8.07. The van der Waals surface area contributed by atoms with Gasteiger partial charge in [-0.15, -0.1) is 0 Å². The molecule has 0 aliphatic rings. The summed E-state index contributed by atoms with van der Waals surface area (Å²) in [5.41, 5.74) is 1.60. The zero-order chi connectivity index (χ0) is 9.97. The normalized spacial score (nSPS) is 11.2. The van der Waals surface area contributed by atoms with Crippen LogP contribution in [0.15, 0.2) is 35.4 Å². The molecule has 2 N–H and O–H groups in total. The van der Waals surface area contributed by atoms with Crippen LogP contribution in [0.25, 0.3) is 10.9 Å². The molecule has 0 amide bonds. The SMILES string of the molecule is N/N=C/c1cc2ccccc2nc1Cl. The second-order valence-corrected chi connectivity index (χ2v) is 3.20. The minimum absolute atomic E-state index is 0.415. The van der Waals surface area contributed by atoms with Crippen LogP contribution in [0.3, 0.4) is 0 Å². The van der Waals surface area contributed by atoms with Gasteiger partial charge in [-0.1, -0.05) is 29.8 Å². The molecule has 0 fully saturated rings. The van der Waals surface area contributed by atoms with E-state index < -0.39 is 0 Å². The van der Waals surface area contributed by atoms with Gasteiger partial charge in [0, 0.05) is 10.9 Å². The van der Waals surface area contributed by atoms with E-state index in [9.17, 15) is 0 Å². The van der Waals surface area contributed by atoms with Crippen molar-refractivity contribution in [2.45, 2.75) is 0 Å². The molecule has 0 unspecified atom stereocenters. The van der Waals surface area contributed by atoms with Gasteiger partial charge < -0.3 is 5.84 Å². The molecule has 1 aromatic carbocycles. The van der Waals surface area contributed by atoms with Crippen molar-refractivity contribution in [3.63, 3.8) is 0 Å². The van der Waals surface area contributed by atoms with Crippen molar-refractivity contribution in [1.29, 1.82) is 0 Å². The van der Waals surface area contributed by atoms with Crippen LogP contribution in [0, 0.1) is 0 Å². The molecular formula is C10H8ClN3. The van der Waals surface area contributed by atoms with Crippen LogP contribution in [0.4, 0.5) is 0 Å². The molecule has 4 heteroatoms. The molecule has 0 saturated heterocycles. The second kappa shape index (κ2) is 3.64. The molecule has 2 rings (SSSR count). The summed E-state index contributed by atoms with van der Waals surface area (Å²) in [7, 11) is 0. The highest BCUT2D eigenvalue weighted by Crippen LogP contribution is 2.18. The summed E-state index contributed by atoms with van der Waals surface area (Å²) in [6, 6.07) is 9.64. The third kappa shape index (κ3) is 1.54. The first-order valence-corrected chi connectivity index (χ1v) is 4.47. The highest BCUT2D eigenvalue weighted by Gasteiger charge is 2.01. The zero-order valence-electron chi connectivity index (χ0n) is 7.31. The number of fused-ring (bicyclic) bond motifs is 1. The third-order valence-electron chi connectivity index (χ3n) is 1.92. The van der Waals surface area contributed by atoms with E-state index in [1.165, 1.54) is 6.21 Å². The lowest BCUT2D eigenvalue weighted by atomic mass is 10.2. The lowest BCUT2D eigenvalue weighted by Crippen LogP contribution is -1.91. The average molecular weight is 206 g/mol. The molecule has 0 aliphatic carbocycles. The predicted molar refractivity (Wildman–Crippen MR) is 58.5 cm³/mol. The lowest BCUT2D eigenvalue weighted by molar-refractivity contribution is 1.26. The first-order valence-electron chi connectivity index (χ1n) is 4.10. The van der Waals surface area contributed by atoms with E-state index >= 15 is 0 Å². The quantitative estimate of drug-likeness (QED) is 0.336. The average Bonchev–Trinajstić information content (AvgIpc) is 2.19. The maximum atomic E-state index is 5.92. The van der Waals surface area contributed by atoms with Crippen LogP contribution in [0.5, 0.6) is 0 Å². The van der Waals surface area contributed by atoms with Crippen LogP contribution in [0.2, 0.25) is 5.15 Å². The second-order valence-electron chi connectivity index (χ2n) is 2.84. The molecule has 0 saturated carbocycles. The third-order valence-corrected chi connectivity index (χ3v) is 2.22. The molecule has 0 radical (unpaired) electrons. The molecule has 70 valence electrons. The summed E-state index contributed by atoms with van der Waals surface area (Å²) in [5.74, 6) is 5.06. The van der Waals surface area contributed by atoms with Crippen molar-refractivity contribution in [3.05, 3.63) is 41.0 Å². The first-order chi connectivity index (χ1) is 6.81. The van der Waals surface area contributed by atoms with Gasteiger partial charge in [-0.25, -0.2) is 4.98 Å². The van der Waals surface area contributed by atoms with Crippen molar-refractivity contribution in [2.24, 2.45) is 10.9 Å². The van der Waals surface area contributed by atoms with Gasteiger partial charge in [-0.3, -0.25) is 0 Å². The summed E-state index contributed by atoms with van der Waals surface area (Å²) < 4.78 is 0. The Labute approximate surface area is 86.2 Å². The van der Waals surface area contributed by atoms with Crippen LogP contribution in [0.1, 0.15) is 5.56 Å². The van der Waals surface area contributed by atoms with E-state index in [1.54, 1.807) is 0 Å². The largest absolute Gasteiger partial charge is 0.323 e. The molecule has 0 atom stereocenters. The molecule has 0 spiro atoms. The molecule has 0 aliphatic heterocycles. The molecular weight excluding hydrogens is 198 g/mol. The minimum atomic E-state index is 0.415. The molecule has 1 aromatic heterocycles. The number of pyridine rings is 1. The van der Waals surface area contributed by atoms with Crippen molar-refractivity contribution < 1.29 is 0 Å². The van der Waals surface area contributed by atoms with E-state index in [0.29, 0.717) is 5.15 Å². The number of nitrogens with two attached hydrogens (primary N) is 1. The summed E-state index contributed by atoms with van der Waals surface area (Å²) in [6.45, 7) is 0. The Bertz CT molecular complexity index is 494. The Kier molecular flexibility index (Phi) is 2.33. The van der Waals surface area contributed by atoms with E-state index in [4.69, 9.17) is 17.4 Å². The Morgan fingerprint density at radius 1 is 1.36 bits per heavy atom. The van der Waals surface area contributed by atoms with Crippen molar-refractivity contribution in [1.82, 2.24) is 4.98 Å². The van der Waals surface area contributed by atoms with Gasteiger partial charge in [0.25, 0.3) is 0 Å². The maximum absolute atomic E-state index is 5.92. The van der Waals surface area contributed by atoms with E-state index in [0.717, 1.165) is 16.5 Å². The monoisotopic (exact) mass is 205 g/mol. The standard InChI is InChI=1S/C10H8ClN3/c11-10-8(6-13-12)5-7-3-1-2-4-9(7)14-10/h1-6H,12H2/b13-6+. The number of nitrogens with zero attached hydrogens (tertiary/aromatic N) is 2. The molecule has 1 heterocycles. The summed E-state index contributed by atoms with van der Waals surface area (Å²) >= 11 is 5.92. The van der Waals surface area contributed by atoms with E-state index in [-0.39, 0.29) is 0 Å². The maximum Gasteiger partial charge on any atom is 0.138 e. The number of benzene rings is 1. The predicted octanol–water partition coefficient (Wildman–Crippen LogP) is 2.18. The lowest BCUT2D eigenvalue weighted by Gasteiger charge is -2.00. The fraction of sp³-hybridized carbons (Fsp3) is 0. The number of hydrazone groups is 1. The van der Waals surface area contributed by atoms with Crippen LogP contribution >= 0.6 is 11.6 Å². The Morgan fingerprint density at radius 3 is 2.93 bits per heavy atom. The van der Waals surface area contributed by atoms with Gasteiger partial charge in [-0.05, 0) is 12.1 Å². The summed E-state index contributed by atoms with van der Waals surface area (Å²) in [5, 5.41) is 4.86. The topological polar surface area (TPSA) is 51.3 Å². The minimum Gasteiger partial charge on any atom is -0.323 e. The van der Waals surface area contributed by atoms with Crippen LogP contribution in [-0.2, 0) is 0 Å². The number of para-hydroxylation sites is 1. The fourth-order valence-electron chi connectivity index (χ4n) is 1.28. The number of hydrogen-bond acceptors (Lipinski definition) is 3. The van der Waals surface area contributed by atoms with Gasteiger partial charge in [0.05, 0.1) is 11.7 Å². The van der Waals surface area contributed by atoms with Gasteiger partial charge in [0.1, 0.15) is 5.15 Å². The number of hydrogen-bond donors (Lipinski definition) is 1. The van der Waals surface area contributed by atoms with Crippen molar-refractivity contribution in [3.8, 4) is 0 Å². The highest BCUT2D eigenvalue weighted by atomic mass is 35.5. The Morgan fingerprint density at radius 2 is 2.14 bits per heavy atom. The first kappa shape index (κ1) is 8.97. The Balaban J connectivity index is 2.70. The van der Waals surface area contributed by atoms with Crippen molar-refractivity contribution >= 4 is 28.7 Å². The molecule has 0 bridgehead atoms. The number of rotatable bonds is 1. The van der Waals surface area contributed by atoms with E-state index in [2.05, 4.69) is 10.1 Å². The number of aromatic nitrogens is 1. The highest BCUT2D eigenvalue weighted by molar-refractivity contribution is 6.32. The molecule has 2 aromatic rings. The van der Waals surface area contributed by atoms with E-state index in [1.807, 2.05) is 30.3 Å². The van der Waals surface area contributed by atoms with Crippen LogP contribution < -0.4 is 5.84 Å². The van der Waals surface area contributed by atoms with Gasteiger partial charge >= 0.3 is 0 Å². The summed E-state index contributed by atoms with van der Waals surface area (Å²) in [6.07, 6.45) is 1.49. The van der Waals surface area contributed by atoms with Crippen molar-refractivity contribution in [2.75, 3.05) is 0 Å². The van der Waals surface area contributed by atoms with Crippen LogP contribution in [-0.4, -0.2) is 11.2 Å². The molecule has 14 heavy (non-hydrogen) atoms. The number of halogens is 1. The smallest absolute Gasteiger partial charge is 0.138 e.